The first-order valence-electron chi connectivity index (χ1n) is 9.37. The number of amides is 1. The Morgan fingerprint density at radius 1 is 1.13 bits per heavy atom. The first-order chi connectivity index (χ1) is 14.4. The monoisotopic (exact) mass is 408 g/mol. The number of carbonyl (C=O) groups is 1. The lowest BCUT2D eigenvalue weighted by Crippen LogP contribution is -2.26. The molecule has 3 rings (SSSR count). The van der Waals surface area contributed by atoms with E-state index in [2.05, 4.69) is 34.9 Å². The number of benzene rings is 2. The number of anilines is 1. The van der Waals surface area contributed by atoms with E-state index < -0.39 is 0 Å². The number of aromatic nitrogens is 2. The van der Waals surface area contributed by atoms with Gasteiger partial charge in [0.25, 0.3) is 0 Å². The summed E-state index contributed by atoms with van der Waals surface area (Å²) >= 11 is 0. The molecule has 0 bridgehead atoms. The van der Waals surface area contributed by atoms with Crippen LogP contribution < -0.4 is 26.9 Å². The summed E-state index contributed by atoms with van der Waals surface area (Å²) in [5.41, 5.74) is 7.93. The summed E-state index contributed by atoms with van der Waals surface area (Å²) in [5.74, 6) is 11.9. The van der Waals surface area contributed by atoms with Crippen LogP contribution in [0.1, 0.15) is 22.4 Å². The number of aryl methyl sites for hydroxylation is 3. The van der Waals surface area contributed by atoms with Crippen LogP contribution >= 0.6 is 0 Å². The number of hydrogen-bond acceptors (Lipinski definition) is 7. The predicted molar refractivity (Wildman–Crippen MR) is 118 cm³/mol. The fraction of sp³-hybridized carbons (Fsp3) is 0.227. The second-order valence-corrected chi connectivity index (χ2v) is 6.76. The molecule has 0 atom stereocenters. The third kappa shape index (κ3) is 6.00. The molecule has 0 spiro atoms. The molecule has 0 saturated heterocycles. The van der Waals surface area contributed by atoms with Crippen molar-refractivity contribution in [2.75, 3.05) is 12.1 Å². The van der Waals surface area contributed by atoms with Gasteiger partial charge in [-0.15, -0.1) is 0 Å². The minimum Gasteiger partial charge on any atom is -0.489 e. The van der Waals surface area contributed by atoms with Crippen LogP contribution in [0, 0.1) is 20.8 Å². The zero-order valence-corrected chi connectivity index (χ0v) is 17.7. The summed E-state index contributed by atoms with van der Waals surface area (Å²) in [7, 11) is 1.83. The number of nitrogens with two attached hydrogens (primary N) is 2. The van der Waals surface area contributed by atoms with Crippen molar-refractivity contribution in [3.8, 4) is 17.1 Å². The highest BCUT2D eigenvalue weighted by molar-refractivity contribution is 5.59. The Bertz CT molecular complexity index is 991. The normalized spacial score (nSPS) is 9.93. The van der Waals surface area contributed by atoms with Crippen LogP contribution in [0.4, 0.5) is 5.69 Å². The Labute approximate surface area is 176 Å². The van der Waals surface area contributed by atoms with E-state index in [-0.39, 0.29) is 0 Å². The molecule has 0 aliphatic heterocycles. The maximum absolute atomic E-state index is 8.94. The molecule has 1 heterocycles. The summed E-state index contributed by atoms with van der Waals surface area (Å²) in [6, 6.07) is 14.0. The molecule has 0 saturated carbocycles. The molecular weight excluding hydrogens is 380 g/mol. The van der Waals surface area contributed by atoms with Gasteiger partial charge in [0.1, 0.15) is 12.4 Å². The van der Waals surface area contributed by atoms with E-state index >= 15 is 0 Å². The third-order valence-corrected chi connectivity index (χ3v) is 4.43. The fourth-order valence-corrected chi connectivity index (χ4v) is 2.89. The lowest BCUT2D eigenvalue weighted by atomic mass is 10.1. The van der Waals surface area contributed by atoms with Crippen molar-refractivity contribution in [3.63, 3.8) is 0 Å². The van der Waals surface area contributed by atoms with Gasteiger partial charge < -0.3 is 9.75 Å². The van der Waals surface area contributed by atoms with Gasteiger partial charge in [-0.3, -0.25) is 10.2 Å². The van der Waals surface area contributed by atoms with Crippen molar-refractivity contribution in [3.05, 3.63) is 71.0 Å². The maximum Gasteiger partial charge on any atom is 0.221 e. The Morgan fingerprint density at radius 3 is 2.47 bits per heavy atom. The van der Waals surface area contributed by atoms with Crippen LogP contribution in [-0.4, -0.2) is 23.4 Å². The van der Waals surface area contributed by atoms with E-state index in [1.54, 1.807) is 16.6 Å². The fourth-order valence-electron chi connectivity index (χ4n) is 2.89. The predicted octanol–water partition coefficient (Wildman–Crippen LogP) is 2.56. The minimum atomic E-state index is 0.403. The van der Waals surface area contributed by atoms with E-state index in [0.717, 1.165) is 45.2 Å². The first kappa shape index (κ1) is 22.8. The van der Waals surface area contributed by atoms with Gasteiger partial charge in [0.2, 0.25) is 6.41 Å². The van der Waals surface area contributed by atoms with Gasteiger partial charge in [-0.05, 0) is 62.2 Å². The lowest BCUT2D eigenvalue weighted by molar-refractivity contribution is -0.109. The van der Waals surface area contributed by atoms with Crippen LogP contribution in [0.25, 0.3) is 11.4 Å². The molecule has 0 aliphatic rings. The number of hydrazine groups is 2. The Morgan fingerprint density at radius 2 is 1.87 bits per heavy atom. The minimum absolute atomic E-state index is 0.403. The molecule has 8 heteroatoms. The van der Waals surface area contributed by atoms with Gasteiger partial charge in [-0.2, -0.15) is 0 Å². The van der Waals surface area contributed by atoms with E-state index in [1.165, 1.54) is 0 Å². The molecule has 0 unspecified atom stereocenters. The summed E-state index contributed by atoms with van der Waals surface area (Å²) in [6.45, 7) is 6.52. The number of rotatable bonds is 6. The summed E-state index contributed by atoms with van der Waals surface area (Å²) in [4.78, 5) is 17.8. The van der Waals surface area contributed by atoms with E-state index in [0.29, 0.717) is 13.0 Å². The second kappa shape index (κ2) is 10.9. The van der Waals surface area contributed by atoms with Gasteiger partial charge >= 0.3 is 0 Å². The number of nitrogens with zero attached hydrogens (tertiary/aromatic N) is 3. The summed E-state index contributed by atoms with van der Waals surface area (Å²) in [6.07, 6.45) is 2.18. The van der Waals surface area contributed by atoms with Gasteiger partial charge in [-0.25, -0.2) is 21.7 Å². The molecule has 2 aromatic carbocycles. The van der Waals surface area contributed by atoms with E-state index in [1.807, 2.05) is 51.2 Å². The van der Waals surface area contributed by atoms with Gasteiger partial charge in [-0.1, -0.05) is 12.1 Å². The topological polar surface area (TPSA) is 119 Å². The Kier molecular flexibility index (Phi) is 8.28. The largest absolute Gasteiger partial charge is 0.489 e. The molecule has 0 radical (unpaired) electrons. The Balaban J connectivity index is 0.000000735. The van der Waals surface area contributed by atoms with Crippen LogP contribution in [0.3, 0.4) is 0 Å². The smallest absolute Gasteiger partial charge is 0.221 e. The maximum atomic E-state index is 8.94. The number of nitrogens with one attached hydrogen (secondary N) is 1. The average Bonchev–Trinajstić information content (AvgIpc) is 2.73. The average molecular weight is 409 g/mol. The highest BCUT2D eigenvalue weighted by Gasteiger charge is 2.10. The number of carbonyl (C=O) groups excluding carboxylic acids is 1. The van der Waals surface area contributed by atoms with Crippen LogP contribution in [0.5, 0.6) is 5.75 Å². The standard InChI is InChI=1S/C21H24N4O.CH4N2O/c1-14-6-5-7-19(25(4)22)18(14)13-26-20-9-8-17(12-15(20)2)21-23-11-10-16(3)24-21;2-3-1-4/h5-12H,13,22H2,1-4H3;1H,2H2,(H,3,4). The van der Waals surface area contributed by atoms with Crippen molar-refractivity contribution in [2.45, 2.75) is 27.4 Å². The number of hydrogen-bond donors (Lipinski definition) is 3. The molecule has 8 nitrogen and oxygen atoms in total. The Hall–Kier alpha value is -3.49. The molecule has 0 aliphatic carbocycles. The van der Waals surface area contributed by atoms with Crippen molar-refractivity contribution in [2.24, 2.45) is 11.7 Å². The van der Waals surface area contributed by atoms with E-state index in [9.17, 15) is 0 Å². The van der Waals surface area contributed by atoms with Crippen molar-refractivity contribution in [1.29, 1.82) is 0 Å². The highest BCUT2D eigenvalue weighted by Crippen LogP contribution is 2.27. The third-order valence-electron chi connectivity index (χ3n) is 4.43. The summed E-state index contributed by atoms with van der Waals surface area (Å²) < 4.78 is 6.09. The lowest BCUT2D eigenvalue weighted by Gasteiger charge is -2.19. The van der Waals surface area contributed by atoms with Crippen molar-refractivity contribution < 1.29 is 9.53 Å². The van der Waals surface area contributed by atoms with Crippen LogP contribution in [-0.2, 0) is 11.4 Å². The zero-order valence-electron chi connectivity index (χ0n) is 17.7. The molecule has 3 aromatic rings. The zero-order chi connectivity index (χ0) is 22.1. The second-order valence-electron chi connectivity index (χ2n) is 6.76. The SMILES string of the molecule is Cc1ccnc(-c2ccc(OCc3c(C)cccc3N(C)N)c(C)c2)n1.NNC=O. The molecule has 158 valence electrons. The molecule has 0 fully saturated rings. The van der Waals surface area contributed by atoms with Gasteiger partial charge in [0.15, 0.2) is 5.82 Å². The van der Waals surface area contributed by atoms with Crippen molar-refractivity contribution >= 4 is 12.1 Å². The molecular formula is C22H28N6O2. The van der Waals surface area contributed by atoms with Gasteiger partial charge in [0.05, 0.1) is 5.69 Å². The van der Waals surface area contributed by atoms with Gasteiger partial charge in [0, 0.05) is 30.1 Å². The molecule has 30 heavy (non-hydrogen) atoms. The number of ether oxygens (including phenoxy) is 1. The first-order valence-corrected chi connectivity index (χ1v) is 9.37. The summed E-state index contributed by atoms with van der Waals surface area (Å²) in [5, 5.41) is 1.62. The van der Waals surface area contributed by atoms with Crippen LogP contribution in [0.2, 0.25) is 0 Å². The van der Waals surface area contributed by atoms with Crippen LogP contribution in [0.15, 0.2) is 48.7 Å². The van der Waals surface area contributed by atoms with Crippen molar-refractivity contribution in [1.82, 2.24) is 15.4 Å². The van der Waals surface area contributed by atoms with E-state index in [4.69, 9.17) is 15.4 Å². The molecule has 5 N–H and O–H groups in total. The molecule has 1 amide bonds. The highest BCUT2D eigenvalue weighted by atomic mass is 16.5. The molecule has 1 aromatic heterocycles. The quantitative estimate of drug-likeness (QED) is 0.248.